The van der Waals surface area contributed by atoms with Crippen LogP contribution >= 0.6 is 11.6 Å². The average Bonchev–Trinajstić information content (AvgIpc) is 3.36. The number of carbonyl (C=O) groups is 5. The van der Waals surface area contributed by atoms with Crippen molar-refractivity contribution in [1.82, 2.24) is 15.5 Å². The van der Waals surface area contributed by atoms with E-state index in [0.717, 1.165) is 6.42 Å². The molecular weight excluding hydrogens is 462 g/mol. The van der Waals surface area contributed by atoms with Crippen molar-refractivity contribution >= 4 is 41.6 Å². The molecule has 0 unspecified atom stereocenters. The zero-order valence-corrected chi connectivity index (χ0v) is 20.2. The summed E-state index contributed by atoms with van der Waals surface area (Å²) in [7, 11) is 0. The molecule has 0 aromatic heterocycles. The normalized spacial score (nSPS) is 23.2. The highest BCUT2D eigenvalue weighted by Crippen LogP contribution is 2.47. The number of hydrogen-bond acceptors (Lipinski definition) is 5. The van der Waals surface area contributed by atoms with Crippen molar-refractivity contribution in [3.05, 3.63) is 34.9 Å². The van der Waals surface area contributed by atoms with E-state index in [1.807, 2.05) is 20.8 Å². The summed E-state index contributed by atoms with van der Waals surface area (Å²) in [5, 5.41) is 14.6. The van der Waals surface area contributed by atoms with Gasteiger partial charge in [0, 0.05) is 6.54 Å². The second-order valence-corrected chi connectivity index (χ2v) is 10.6. The van der Waals surface area contributed by atoms with Crippen molar-refractivity contribution in [3.8, 4) is 0 Å². The Morgan fingerprint density at radius 3 is 2.47 bits per heavy atom. The Labute approximate surface area is 203 Å². The minimum atomic E-state index is -1.21. The van der Waals surface area contributed by atoms with Gasteiger partial charge in [-0.25, -0.2) is 0 Å². The highest BCUT2D eigenvalue weighted by atomic mass is 35.5. The van der Waals surface area contributed by atoms with Gasteiger partial charge in [-0.05, 0) is 42.7 Å². The van der Waals surface area contributed by atoms with Gasteiger partial charge in [-0.15, -0.1) is 0 Å². The number of carboxylic acid groups (broad SMARTS) is 1. The van der Waals surface area contributed by atoms with Crippen LogP contribution in [0.3, 0.4) is 0 Å². The van der Waals surface area contributed by atoms with Crippen LogP contribution in [-0.4, -0.2) is 64.2 Å². The number of benzene rings is 1. The van der Waals surface area contributed by atoms with Gasteiger partial charge in [0.25, 0.3) is 5.91 Å². The molecule has 9 nitrogen and oxygen atoms in total. The number of carboxylic acids is 1. The fraction of sp³-hybridized carbons (Fsp3) is 0.542. The number of likely N-dealkylation sites (tertiary alicyclic amines) is 1. The average molecular weight is 492 g/mol. The number of piperidine rings is 1. The molecule has 1 aromatic carbocycles. The molecule has 34 heavy (non-hydrogen) atoms. The smallest absolute Gasteiger partial charge is 0.305 e. The number of carbonyl (C=O) groups excluding carboxylic acids is 4. The van der Waals surface area contributed by atoms with E-state index in [1.165, 1.54) is 4.90 Å². The number of aldehydes is 1. The molecule has 1 saturated carbocycles. The van der Waals surface area contributed by atoms with Gasteiger partial charge in [0.2, 0.25) is 11.8 Å². The Kier molecular flexibility index (Phi) is 7.35. The summed E-state index contributed by atoms with van der Waals surface area (Å²) in [5.41, 5.74) is -1.62. The molecule has 4 atom stereocenters. The van der Waals surface area contributed by atoms with Crippen molar-refractivity contribution in [3.63, 3.8) is 0 Å². The molecule has 3 rings (SSSR count). The second kappa shape index (κ2) is 9.74. The first-order valence-electron chi connectivity index (χ1n) is 11.2. The zero-order valence-electron chi connectivity index (χ0n) is 19.5. The summed E-state index contributed by atoms with van der Waals surface area (Å²) in [6.07, 6.45) is 1.43. The number of rotatable bonds is 8. The summed E-state index contributed by atoms with van der Waals surface area (Å²) in [5.74, 6) is -2.53. The largest absolute Gasteiger partial charge is 0.481 e. The van der Waals surface area contributed by atoms with Crippen LogP contribution in [0.2, 0.25) is 5.02 Å². The van der Waals surface area contributed by atoms with Gasteiger partial charge in [-0.3, -0.25) is 19.2 Å². The Balaban J connectivity index is 1.86. The lowest BCUT2D eigenvalue weighted by Gasteiger charge is -2.42. The van der Waals surface area contributed by atoms with E-state index in [0.29, 0.717) is 25.7 Å². The van der Waals surface area contributed by atoms with Crippen molar-refractivity contribution in [2.75, 3.05) is 6.54 Å². The Bertz CT molecular complexity index is 1010. The summed E-state index contributed by atoms with van der Waals surface area (Å²) in [6, 6.07) is 4.40. The summed E-state index contributed by atoms with van der Waals surface area (Å²) < 4.78 is 0. The zero-order chi connectivity index (χ0) is 25.3. The van der Waals surface area contributed by atoms with Gasteiger partial charge in [0.05, 0.1) is 23.0 Å². The van der Waals surface area contributed by atoms with Gasteiger partial charge in [-0.1, -0.05) is 44.5 Å². The van der Waals surface area contributed by atoms with Crippen LogP contribution in [-0.2, 0) is 19.2 Å². The second-order valence-electron chi connectivity index (χ2n) is 10.2. The lowest BCUT2D eigenvalue weighted by Crippen LogP contribution is -2.64. The van der Waals surface area contributed by atoms with Crippen molar-refractivity contribution in [1.29, 1.82) is 0 Å². The standard InChI is InChI=1S/C24H30ClN3O6/c1-23(2,3)19(27-20(32)16-6-4-5-7-17(16)25)21(33)28-12-14-8-9-24(28,11-14)22(34)26-15(13-29)10-18(30)31/h4-7,13-15,19H,8-12H2,1-3H3,(H,26,34)(H,27,32)(H,30,31)/t14-,15+,19-,24+/m1/s1. The van der Waals surface area contributed by atoms with Crippen LogP contribution in [0.15, 0.2) is 24.3 Å². The van der Waals surface area contributed by atoms with Crippen LogP contribution in [0.5, 0.6) is 0 Å². The Morgan fingerprint density at radius 1 is 1.24 bits per heavy atom. The molecule has 0 spiro atoms. The van der Waals surface area contributed by atoms with Crippen molar-refractivity contribution in [2.24, 2.45) is 11.3 Å². The molecule has 10 heteroatoms. The molecule has 184 valence electrons. The minimum absolute atomic E-state index is 0.115. The summed E-state index contributed by atoms with van der Waals surface area (Å²) in [4.78, 5) is 63.9. The minimum Gasteiger partial charge on any atom is -0.481 e. The third-order valence-electron chi connectivity index (χ3n) is 6.62. The molecule has 1 aliphatic carbocycles. The number of nitrogens with one attached hydrogen (secondary N) is 2. The van der Waals surface area contributed by atoms with Gasteiger partial charge in [0.1, 0.15) is 17.9 Å². The molecule has 2 aliphatic rings. The lowest BCUT2D eigenvalue weighted by molar-refractivity contribution is -0.150. The topological polar surface area (TPSA) is 133 Å². The fourth-order valence-corrected chi connectivity index (χ4v) is 5.09. The molecule has 2 bridgehead atoms. The molecule has 1 saturated heterocycles. The number of halogens is 1. The highest BCUT2D eigenvalue weighted by Gasteiger charge is 2.59. The van der Waals surface area contributed by atoms with Gasteiger partial charge >= 0.3 is 5.97 Å². The van der Waals surface area contributed by atoms with Crippen molar-refractivity contribution < 1.29 is 29.1 Å². The third kappa shape index (κ3) is 5.09. The predicted molar refractivity (Wildman–Crippen MR) is 124 cm³/mol. The molecule has 3 N–H and O–H groups in total. The van der Waals surface area contributed by atoms with Crippen molar-refractivity contribution in [2.45, 2.75) is 64.1 Å². The van der Waals surface area contributed by atoms with Crippen LogP contribution in [0, 0.1) is 11.3 Å². The maximum Gasteiger partial charge on any atom is 0.305 e. The maximum absolute atomic E-state index is 13.8. The number of fused-ring (bicyclic) bond motifs is 2. The first-order chi connectivity index (χ1) is 15.9. The fourth-order valence-electron chi connectivity index (χ4n) is 4.87. The molecule has 1 heterocycles. The molecule has 1 aromatic rings. The van der Waals surface area contributed by atoms with Gasteiger partial charge in [-0.2, -0.15) is 0 Å². The van der Waals surface area contributed by atoms with E-state index >= 15 is 0 Å². The van der Waals surface area contributed by atoms with E-state index in [-0.39, 0.29) is 16.5 Å². The number of nitrogens with zero attached hydrogens (tertiary/aromatic N) is 1. The molecular formula is C24H30ClN3O6. The summed E-state index contributed by atoms with van der Waals surface area (Å²) >= 11 is 6.16. The van der Waals surface area contributed by atoms with Crippen LogP contribution in [0.25, 0.3) is 0 Å². The number of aliphatic carboxylic acids is 1. The molecule has 0 radical (unpaired) electrons. The lowest BCUT2D eigenvalue weighted by atomic mass is 9.84. The monoisotopic (exact) mass is 491 g/mol. The Hall–Kier alpha value is -2.94. The SMILES string of the molecule is CC(C)(C)[C@H](NC(=O)c1ccccc1Cl)C(=O)N1C[C@@H]2CC[C@@]1(C(=O)N[C@H](C=O)CC(=O)O)C2. The number of amides is 3. The van der Waals surface area contributed by atoms with E-state index < -0.39 is 53.1 Å². The quantitative estimate of drug-likeness (QED) is 0.476. The van der Waals surface area contributed by atoms with Crippen LogP contribution in [0.4, 0.5) is 0 Å². The van der Waals surface area contributed by atoms with Gasteiger partial charge in [0.15, 0.2) is 0 Å². The molecule has 3 amide bonds. The predicted octanol–water partition coefficient (Wildman–Crippen LogP) is 2.02. The van der Waals surface area contributed by atoms with Crippen LogP contribution in [0.1, 0.15) is 56.8 Å². The summed E-state index contributed by atoms with van der Waals surface area (Å²) in [6.45, 7) is 5.81. The van der Waals surface area contributed by atoms with Crippen LogP contribution < -0.4 is 10.6 Å². The Morgan fingerprint density at radius 2 is 1.91 bits per heavy atom. The van der Waals surface area contributed by atoms with E-state index in [1.54, 1.807) is 24.3 Å². The van der Waals surface area contributed by atoms with E-state index in [4.69, 9.17) is 16.7 Å². The maximum atomic E-state index is 13.8. The van der Waals surface area contributed by atoms with E-state index in [9.17, 15) is 24.0 Å². The highest BCUT2D eigenvalue weighted by molar-refractivity contribution is 6.33. The first-order valence-corrected chi connectivity index (χ1v) is 11.6. The molecule has 2 fully saturated rings. The number of hydrogen-bond donors (Lipinski definition) is 3. The van der Waals surface area contributed by atoms with E-state index in [2.05, 4.69) is 10.6 Å². The third-order valence-corrected chi connectivity index (χ3v) is 6.95. The first kappa shape index (κ1) is 25.7. The molecule has 1 aliphatic heterocycles. The van der Waals surface area contributed by atoms with Gasteiger partial charge < -0.3 is 25.4 Å².